The van der Waals surface area contributed by atoms with Gasteiger partial charge in [0, 0.05) is 43.9 Å². The summed E-state index contributed by atoms with van der Waals surface area (Å²) < 4.78 is 34.2. The van der Waals surface area contributed by atoms with Crippen LogP contribution in [0.1, 0.15) is 155 Å². The molecule has 0 aromatic heterocycles. The predicted molar refractivity (Wildman–Crippen MR) is 245 cm³/mol. The van der Waals surface area contributed by atoms with Crippen molar-refractivity contribution in [2.45, 2.75) is 180 Å². The van der Waals surface area contributed by atoms with Gasteiger partial charge in [-0.2, -0.15) is 0 Å². The van der Waals surface area contributed by atoms with E-state index < -0.39 is 62.6 Å². The molecule has 14 heteroatoms. The molecule has 1 unspecified atom stereocenters. The zero-order chi connectivity index (χ0) is 46.1. The molecule has 1 aliphatic rings. The standard InChI is InChI=1S/C48H84NO12P/c1-6-8-10-11-12-13-14-15-16-17-18-19-20-21-22-23-25-30-47(54)58-38-42(39-60-62(56,57)59-35-34-49(3,4)5)61-48(55)31-27-26-29-41(51)36-44-43(45(52)37-46(44)53)33-32-40(50)28-24-9-7-2/h12-13,15-16,18-19,32-33,40,42-46,50,52-53H,6-11,14,17,20-31,34-39H2,1-5H3/p+1/b13-12-,16-15-,19-18-,33-32+/t40-,42+,43+,44+,45+,46-/m0/s1. The molecule has 0 amide bonds. The number of hydrogen-bond acceptors (Lipinski definition) is 11. The lowest BCUT2D eigenvalue weighted by Gasteiger charge is -2.24. The van der Waals surface area contributed by atoms with E-state index in [2.05, 4.69) is 50.3 Å². The lowest BCUT2D eigenvalue weighted by atomic mass is 9.87. The lowest BCUT2D eigenvalue weighted by molar-refractivity contribution is -0.870. The third-order valence-electron chi connectivity index (χ3n) is 10.8. The van der Waals surface area contributed by atoms with Gasteiger partial charge in [-0.1, -0.05) is 107 Å². The van der Waals surface area contributed by atoms with Crippen molar-refractivity contribution in [2.75, 3.05) is 47.5 Å². The molecular weight excluding hydrogens is 813 g/mol. The number of esters is 2. The van der Waals surface area contributed by atoms with Gasteiger partial charge in [0.15, 0.2) is 6.10 Å². The van der Waals surface area contributed by atoms with Gasteiger partial charge in [-0.05, 0) is 64.2 Å². The molecule has 0 aliphatic heterocycles. The summed E-state index contributed by atoms with van der Waals surface area (Å²) in [7, 11) is 1.23. The number of quaternary nitrogens is 1. The number of phosphoric ester groups is 1. The van der Waals surface area contributed by atoms with Gasteiger partial charge in [0.25, 0.3) is 0 Å². The van der Waals surface area contributed by atoms with Gasteiger partial charge >= 0.3 is 19.8 Å². The van der Waals surface area contributed by atoms with Crippen LogP contribution in [0.3, 0.4) is 0 Å². The Labute approximate surface area is 374 Å². The maximum absolute atomic E-state index is 12.9. The number of nitrogens with zero attached hydrogens (tertiary/aromatic N) is 1. The number of carbonyl (C=O) groups is 3. The molecule has 7 atom stereocenters. The van der Waals surface area contributed by atoms with Crippen molar-refractivity contribution in [1.29, 1.82) is 0 Å². The van der Waals surface area contributed by atoms with E-state index in [9.17, 15) is 39.2 Å². The maximum Gasteiger partial charge on any atom is 0.472 e. The molecule has 0 aromatic carbocycles. The normalized spacial score (nSPS) is 20.4. The van der Waals surface area contributed by atoms with Crippen molar-refractivity contribution < 1.29 is 62.2 Å². The Morgan fingerprint density at radius 1 is 0.726 bits per heavy atom. The van der Waals surface area contributed by atoms with Gasteiger partial charge in [-0.15, -0.1) is 0 Å². The van der Waals surface area contributed by atoms with Gasteiger partial charge in [0.2, 0.25) is 0 Å². The molecule has 1 saturated carbocycles. The monoisotopic (exact) mass is 899 g/mol. The van der Waals surface area contributed by atoms with Gasteiger partial charge in [-0.3, -0.25) is 23.4 Å². The zero-order valence-electron chi connectivity index (χ0n) is 38.9. The Hall–Kier alpha value is -2.48. The van der Waals surface area contributed by atoms with Crippen LogP contribution in [-0.2, 0) is 37.5 Å². The lowest BCUT2D eigenvalue weighted by Crippen LogP contribution is -2.37. The molecule has 0 aromatic rings. The highest BCUT2D eigenvalue weighted by atomic mass is 31.2. The minimum Gasteiger partial charge on any atom is -0.462 e. The van der Waals surface area contributed by atoms with E-state index in [-0.39, 0.29) is 51.1 Å². The van der Waals surface area contributed by atoms with E-state index in [4.69, 9.17) is 18.5 Å². The van der Waals surface area contributed by atoms with Crippen molar-refractivity contribution in [2.24, 2.45) is 11.8 Å². The molecule has 0 heterocycles. The van der Waals surface area contributed by atoms with Crippen molar-refractivity contribution in [1.82, 2.24) is 0 Å². The third kappa shape index (κ3) is 31.4. The van der Waals surface area contributed by atoms with E-state index >= 15 is 0 Å². The van der Waals surface area contributed by atoms with Crippen LogP contribution in [0, 0.1) is 11.8 Å². The summed E-state index contributed by atoms with van der Waals surface area (Å²) in [6.45, 7) is 3.81. The smallest absolute Gasteiger partial charge is 0.462 e. The molecule has 0 spiro atoms. The molecule has 1 rings (SSSR count). The number of phosphoric acid groups is 1. The SMILES string of the molecule is CCCCC/C=C\C/C=C\C/C=C\CCCCCCC(=O)OC[C@H](COP(=O)(O)OCC[N+](C)(C)C)OC(=O)CCCCC(=O)C[C@@H]1[C@@H](/C=C/[C@@H](O)CCCCC)[C@H](O)C[C@@H]1O. The minimum atomic E-state index is -4.49. The molecule has 1 fully saturated rings. The zero-order valence-corrected chi connectivity index (χ0v) is 39.8. The molecule has 1 aliphatic carbocycles. The number of ether oxygens (including phenoxy) is 2. The number of rotatable bonds is 38. The summed E-state index contributed by atoms with van der Waals surface area (Å²) in [5, 5.41) is 31.4. The van der Waals surface area contributed by atoms with Crippen molar-refractivity contribution >= 4 is 25.5 Å². The summed E-state index contributed by atoms with van der Waals surface area (Å²) >= 11 is 0. The van der Waals surface area contributed by atoms with E-state index in [1.807, 2.05) is 21.1 Å². The third-order valence-corrected chi connectivity index (χ3v) is 11.8. The van der Waals surface area contributed by atoms with Crippen LogP contribution < -0.4 is 0 Å². The Balaban J connectivity index is 2.52. The first kappa shape index (κ1) is 57.5. The van der Waals surface area contributed by atoms with Gasteiger partial charge in [-0.25, -0.2) is 4.57 Å². The Morgan fingerprint density at radius 3 is 1.97 bits per heavy atom. The van der Waals surface area contributed by atoms with Crippen LogP contribution >= 0.6 is 7.82 Å². The molecule has 0 radical (unpaired) electrons. The second kappa shape index (κ2) is 34.9. The summed E-state index contributed by atoms with van der Waals surface area (Å²) in [5.74, 6) is -2.13. The summed E-state index contributed by atoms with van der Waals surface area (Å²) in [6.07, 6.45) is 29.3. The highest BCUT2D eigenvalue weighted by molar-refractivity contribution is 7.47. The van der Waals surface area contributed by atoms with E-state index in [1.54, 1.807) is 12.2 Å². The topological polar surface area (TPSA) is 186 Å². The fourth-order valence-electron chi connectivity index (χ4n) is 7.02. The minimum absolute atomic E-state index is 0.0413. The quantitative estimate of drug-likeness (QED) is 0.0152. The molecule has 0 bridgehead atoms. The van der Waals surface area contributed by atoms with Gasteiger partial charge in [0.05, 0.1) is 46.1 Å². The molecule has 13 nitrogen and oxygen atoms in total. The largest absolute Gasteiger partial charge is 0.472 e. The summed E-state index contributed by atoms with van der Waals surface area (Å²) in [6, 6.07) is 0. The summed E-state index contributed by atoms with van der Waals surface area (Å²) in [5.41, 5.74) is 0. The number of aliphatic hydroxyl groups is 3. The highest BCUT2D eigenvalue weighted by Crippen LogP contribution is 2.43. The number of unbranched alkanes of at least 4 members (excludes halogenated alkanes) is 10. The van der Waals surface area contributed by atoms with E-state index in [1.165, 1.54) is 19.3 Å². The highest BCUT2D eigenvalue weighted by Gasteiger charge is 2.41. The fraction of sp³-hybridized carbons (Fsp3) is 0.771. The van der Waals surface area contributed by atoms with Gasteiger partial charge < -0.3 is 34.2 Å². The molecule has 4 N–H and O–H groups in total. The van der Waals surface area contributed by atoms with E-state index in [0.29, 0.717) is 36.7 Å². The second-order valence-electron chi connectivity index (χ2n) is 17.8. The first-order valence-electron chi connectivity index (χ1n) is 23.5. The number of allylic oxidation sites excluding steroid dienone is 6. The van der Waals surface area contributed by atoms with Crippen LogP contribution in [0.2, 0.25) is 0 Å². The van der Waals surface area contributed by atoms with Crippen LogP contribution in [0.5, 0.6) is 0 Å². The average molecular weight is 899 g/mol. The Kier molecular flexibility index (Phi) is 32.4. The summed E-state index contributed by atoms with van der Waals surface area (Å²) in [4.78, 5) is 48.5. The van der Waals surface area contributed by atoms with Crippen LogP contribution in [0.15, 0.2) is 48.6 Å². The molecule has 0 saturated heterocycles. The van der Waals surface area contributed by atoms with Crippen LogP contribution in [0.4, 0.5) is 0 Å². The molecular formula is C48H85NO12P+. The molecule has 62 heavy (non-hydrogen) atoms. The van der Waals surface area contributed by atoms with Crippen LogP contribution in [0.25, 0.3) is 0 Å². The average Bonchev–Trinajstić information content (AvgIpc) is 3.47. The fourth-order valence-corrected chi connectivity index (χ4v) is 7.76. The number of likely N-dealkylation sites (N-methyl/N-ethyl adjacent to an activating group) is 1. The van der Waals surface area contributed by atoms with Gasteiger partial charge in [0.1, 0.15) is 25.5 Å². The predicted octanol–water partition coefficient (Wildman–Crippen LogP) is 9.03. The van der Waals surface area contributed by atoms with Crippen molar-refractivity contribution in [3.63, 3.8) is 0 Å². The van der Waals surface area contributed by atoms with Crippen molar-refractivity contribution in [3.8, 4) is 0 Å². The Morgan fingerprint density at radius 2 is 1.31 bits per heavy atom. The number of hydrogen-bond donors (Lipinski definition) is 4. The Bertz CT molecular complexity index is 1380. The van der Waals surface area contributed by atoms with Crippen LogP contribution in [-0.4, -0.2) is 114 Å². The first-order chi connectivity index (χ1) is 29.6. The number of carbonyl (C=O) groups excluding carboxylic acids is 3. The second-order valence-corrected chi connectivity index (χ2v) is 19.2. The number of Topliss-reactive ketones (excluding diaryl/α,β-unsaturated/α-hetero) is 1. The molecule has 358 valence electrons. The maximum atomic E-state index is 12.9. The number of ketones is 1. The first-order valence-corrected chi connectivity index (χ1v) is 25.0. The number of aliphatic hydroxyl groups excluding tert-OH is 3. The van der Waals surface area contributed by atoms with Crippen molar-refractivity contribution in [3.05, 3.63) is 48.6 Å². The van der Waals surface area contributed by atoms with E-state index in [0.717, 1.165) is 64.2 Å².